The molecular formula is C26H33FO. The Morgan fingerprint density at radius 1 is 1.00 bits per heavy atom. The van der Waals surface area contributed by atoms with Crippen LogP contribution in [0.2, 0.25) is 0 Å². The van der Waals surface area contributed by atoms with Crippen molar-refractivity contribution in [2.45, 2.75) is 70.1 Å². The van der Waals surface area contributed by atoms with Gasteiger partial charge in [0, 0.05) is 0 Å². The van der Waals surface area contributed by atoms with Crippen molar-refractivity contribution in [3.63, 3.8) is 0 Å². The summed E-state index contributed by atoms with van der Waals surface area (Å²) in [4.78, 5) is 0. The first-order valence-electron chi connectivity index (χ1n) is 10.8. The van der Waals surface area contributed by atoms with Crippen LogP contribution in [-0.2, 0) is 6.42 Å². The highest BCUT2D eigenvalue weighted by atomic mass is 19.1. The molecule has 1 nitrogen and oxygen atoms in total. The lowest BCUT2D eigenvalue weighted by molar-refractivity contribution is 0.375. The Bertz CT molecular complexity index is 770. The second kappa shape index (κ2) is 9.91. The first kappa shape index (κ1) is 20.6. The van der Waals surface area contributed by atoms with Crippen LogP contribution in [-0.4, -0.2) is 7.11 Å². The van der Waals surface area contributed by atoms with Gasteiger partial charge in [0.1, 0.15) is 0 Å². The third-order valence-corrected chi connectivity index (χ3v) is 6.30. The Morgan fingerprint density at radius 2 is 1.68 bits per heavy atom. The van der Waals surface area contributed by atoms with E-state index in [1.54, 1.807) is 7.11 Å². The molecule has 0 radical (unpaired) electrons. The molecule has 28 heavy (non-hydrogen) atoms. The zero-order valence-corrected chi connectivity index (χ0v) is 17.3. The monoisotopic (exact) mass is 380 g/mol. The van der Waals surface area contributed by atoms with Crippen molar-refractivity contribution in [2.75, 3.05) is 7.11 Å². The molecule has 2 aromatic carbocycles. The lowest BCUT2D eigenvalue weighted by Gasteiger charge is -2.30. The van der Waals surface area contributed by atoms with Gasteiger partial charge >= 0.3 is 0 Å². The predicted octanol–water partition coefficient (Wildman–Crippen LogP) is 7.65. The Labute approximate surface area is 169 Å². The van der Waals surface area contributed by atoms with E-state index in [1.807, 2.05) is 12.1 Å². The predicted molar refractivity (Wildman–Crippen MR) is 117 cm³/mol. The van der Waals surface area contributed by atoms with Crippen LogP contribution in [0.15, 0.2) is 43.0 Å². The lowest BCUT2D eigenvalue weighted by atomic mass is 9.74. The normalized spacial score (nSPS) is 19.4. The third-order valence-electron chi connectivity index (χ3n) is 6.30. The topological polar surface area (TPSA) is 9.23 Å². The molecule has 0 unspecified atom stereocenters. The molecule has 0 aromatic heterocycles. The molecule has 1 fully saturated rings. The summed E-state index contributed by atoms with van der Waals surface area (Å²) in [6.45, 7) is 6.02. The van der Waals surface area contributed by atoms with Crippen LogP contribution in [0.5, 0.6) is 5.75 Å². The number of hydrogen-bond acceptors (Lipinski definition) is 1. The van der Waals surface area contributed by atoms with Crippen LogP contribution in [0.3, 0.4) is 0 Å². The van der Waals surface area contributed by atoms with Crippen molar-refractivity contribution in [3.8, 4) is 5.75 Å². The van der Waals surface area contributed by atoms with Gasteiger partial charge in [0.25, 0.3) is 0 Å². The number of hydrogen-bond donors (Lipinski definition) is 0. The van der Waals surface area contributed by atoms with Gasteiger partial charge < -0.3 is 4.74 Å². The quantitative estimate of drug-likeness (QED) is 0.427. The van der Waals surface area contributed by atoms with Gasteiger partial charge in [0.2, 0.25) is 0 Å². The van der Waals surface area contributed by atoms with E-state index in [4.69, 9.17) is 4.74 Å². The molecule has 2 aromatic rings. The molecule has 0 amide bonds. The minimum Gasteiger partial charge on any atom is -0.494 e. The van der Waals surface area contributed by atoms with Crippen molar-refractivity contribution in [2.24, 2.45) is 0 Å². The lowest BCUT2D eigenvalue weighted by Crippen LogP contribution is -2.14. The average molecular weight is 381 g/mol. The number of unbranched alkanes of at least 4 members (excludes halogenated alkanes) is 2. The van der Waals surface area contributed by atoms with Crippen molar-refractivity contribution in [1.82, 2.24) is 0 Å². The van der Waals surface area contributed by atoms with Crippen LogP contribution in [0, 0.1) is 5.82 Å². The highest BCUT2D eigenvalue weighted by molar-refractivity contribution is 5.47. The van der Waals surface area contributed by atoms with Crippen LogP contribution in [0.1, 0.15) is 86.0 Å². The van der Waals surface area contributed by atoms with Crippen molar-refractivity contribution >= 4 is 6.08 Å². The SMILES string of the molecule is C=Cc1ccc(C2CCC(c3ccc(OC)c(F)c3CCCCC)CC2)cc1. The van der Waals surface area contributed by atoms with E-state index in [-0.39, 0.29) is 5.82 Å². The number of benzene rings is 2. The molecule has 0 aliphatic heterocycles. The first-order valence-corrected chi connectivity index (χ1v) is 10.8. The molecule has 1 saturated carbocycles. The van der Waals surface area contributed by atoms with Crippen molar-refractivity contribution in [3.05, 3.63) is 71.0 Å². The van der Waals surface area contributed by atoms with E-state index in [1.165, 1.54) is 29.5 Å². The molecule has 2 heteroatoms. The maximum absolute atomic E-state index is 15.0. The fourth-order valence-electron chi connectivity index (χ4n) is 4.60. The highest BCUT2D eigenvalue weighted by Crippen LogP contribution is 2.43. The van der Waals surface area contributed by atoms with Gasteiger partial charge in [-0.25, -0.2) is 4.39 Å². The Kier molecular flexibility index (Phi) is 7.30. The molecule has 0 heterocycles. The van der Waals surface area contributed by atoms with Crippen LogP contribution >= 0.6 is 0 Å². The summed E-state index contributed by atoms with van der Waals surface area (Å²) in [5.74, 6) is 1.31. The number of ether oxygens (including phenoxy) is 1. The second-order valence-corrected chi connectivity index (χ2v) is 8.03. The van der Waals surface area contributed by atoms with E-state index in [0.29, 0.717) is 17.6 Å². The molecule has 0 atom stereocenters. The largest absolute Gasteiger partial charge is 0.494 e. The summed E-state index contributed by atoms with van der Waals surface area (Å²) in [5.41, 5.74) is 4.71. The number of halogens is 1. The zero-order chi connectivity index (χ0) is 19.9. The Morgan fingerprint density at radius 3 is 2.29 bits per heavy atom. The molecule has 1 aliphatic rings. The van der Waals surface area contributed by atoms with E-state index in [0.717, 1.165) is 44.1 Å². The average Bonchev–Trinajstić information content (AvgIpc) is 2.75. The molecule has 3 rings (SSSR count). The second-order valence-electron chi connectivity index (χ2n) is 8.03. The van der Waals surface area contributed by atoms with Crippen LogP contribution in [0.4, 0.5) is 4.39 Å². The van der Waals surface area contributed by atoms with Gasteiger partial charge in [-0.3, -0.25) is 0 Å². The minimum atomic E-state index is -0.141. The smallest absolute Gasteiger partial charge is 0.168 e. The standard InChI is InChI=1S/C26H33FO/c1-4-6-7-8-24-23(17-18-25(28-3)26(24)27)22-15-13-21(14-16-22)20-11-9-19(5-2)10-12-20/h5,9-12,17-18,21-22H,2,4,6-8,13-16H2,1,3H3. The van der Waals surface area contributed by atoms with Crippen LogP contribution in [0.25, 0.3) is 6.08 Å². The minimum absolute atomic E-state index is 0.141. The van der Waals surface area contributed by atoms with E-state index < -0.39 is 0 Å². The first-order chi connectivity index (χ1) is 13.7. The van der Waals surface area contributed by atoms with Gasteiger partial charge in [-0.05, 0) is 78.7 Å². The molecule has 1 aliphatic carbocycles. The fraction of sp³-hybridized carbons (Fsp3) is 0.462. The maximum atomic E-state index is 15.0. The summed E-state index contributed by atoms with van der Waals surface area (Å²) in [7, 11) is 1.55. The fourth-order valence-corrected chi connectivity index (χ4v) is 4.60. The summed E-state index contributed by atoms with van der Waals surface area (Å²) >= 11 is 0. The summed E-state index contributed by atoms with van der Waals surface area (Å²) in [6.07, 6.45) is 10.6. The summed E-state index contributed by atoms with van der Waals surface area (Å²) in [6, 6.07) is 12.7. The summed E-state index contributed by atoms with van der Waals surface area (Å²) < 4.78 is 20.2. The van der Waals surface area contributed by atoms with Gasteiger partial charge in [0.15, 0.2) is 11.6 Å². The highest BCUT2D eigenvalue weighted by Gasteiger charge is 2.26. The molecule has 0 saturated heterocycles. The van der Waals surface area contributed by atoms with Gasteiger partial charge in [-0.15, -0.1) is 0 Å². The van der Waals surface area contributed by atoms with Crippen molar-refractivity contribution < 1.29 is 9.13 Å². The number of rotatable bonds is 8. The van der Waals surface area contributed by atoms with Crippen molar-refractivity contribution in [1.29, 1.82) is 0 Å². The van der Waals surface area contributed by atoms with E-state index in [9.17, 15) is 4.39 Å². The molecule has 0 spiro atoms. The van der Waals surface area contributed by atoms with Gasteiger partial charge in [-0.1, -0.05) is 62.8 Å². The van der Waals surface area contributed by atoms with E-state index >= 15 is 0 Å². The van der Waals surface area contributed by atoms with Gasteiger partial charge in [0.05, 0.1) is 7.11 Å². The van der Waals surface area contributed by atoms with Gasteiger partial charge in [-0.2, -0.15) is 0 Å². The molecule has 0 N–H and O–H groups in total. The zero-order valence-electron chi connectivity index (χ0n) is 17.3. The molecular weight excluding hydrogens is 347 g/mol. The maximum Gasteiger partial charge on any atom is 0.168 e. The summed E-state index contributed by atoms with van der Waals surface area (Å²) in [5, 5.41) is 0. The Hall–Kier alpha value is -2.09. The number of methoxy groups -OCH3 is 1. The third kappa shape index (κ3) is 4.66. The Balaban J connectivity index is 1.73. The molecule has 0 bridgehead atoms. The molecule has 150 valence electrons. The van der Waals surface area contributed by atoms with E-state index in [2.05, 4.69) is 43.8 Å². The van der Waals surface area contributed by atoms with Crippen LogP contribution < -0.4 is 4.74 Å².